The molecule has 0 unspecified atom stereocenters. The zero-order chi connectivity index (χ0) is 19.4. The Kier molecular flexibility index (Phi) is 5.17. The van der Waals surface area contributed by atoms with Gasteiger partial charge in [0.05, 0.1) is 5.56 Å². The van der Waals surface area contributed by atoms with E-state index in [-0.39, 0.29) is 17.4 Å². The van der Waals surface area contributed by atoms with Crippen LogP contribution in [0.4, 0.5) is 13.2 Å². The topological polar surface area (TPSA) is 62.1 Å². The predicted molar refractivity (Wildman–Crippen MR) is 92.7 cm³/mol. The Morgan fingerprint density at radius 3 is 2.44 bits per heavy atom. The lowest BCUT2D eigenvalue weighted by Crippen LogP contribution is -2.26. The van der Waals surface area contributed by atoms with Gasteiger partial charge < -0.3 is 10.1 Å². The Labute approximate surface area is 153 Å². The van der Waals surface area contributed by atoms with Gasteiger partial charge >= 0.3 is 6.18 Å². The molecule has 7 heteroatoms. The van der Waals surface area contributed by atoms with E-state index in [1.807, 2.05) is 6.07 Å². The van der Waals surface area contributed by atoms with Gasteiger partial charge in [0.2, 0.25) is 0 Å². The van der Waals surface area contributed by atoms with Crippen molar-refractivity contribution in [2.24, 2.45) is 0 Å². The molecule has 0 aromatic heterocycles. The lowest BCUT2D eigenvalue weighted by Gasteiger charge is -2.10. The van der Waals surface area contributed by atoms with Crippen molar-refractivity contribution in [1.82, 2.24) is 5.32 Å². The highest BCUT2D eigenvalue weighted by Gasteiger charge is 2.30. The molecule has 2 aromatic carbocycles. The summed E-state index contributed by atoms with van der Waals surface area (Å²) in [4.78, 5) is 12.0. The van der Waals surface area contributed by atoms with Crippen molar-refractivity contribution < 1.29 is 22.7 Å². The number of benzene rings is 2. The monoisotopic (exact) mass is 372 g/mol. The van der Waals surface area contributed by atoms with Crippen LogP contribution >= 0.6 is 0 Å². The van der Waals surface area contributed by atoms with Gasteiger partial charge in [0.25, 0.3) is 5.91 Å². The number of hydrogen-bond donors (Lipinski definition) is 1. The van der Waals surface area contributed by atoms with Crippen molar-refractivity contribution in [1.29, 1.82) is 5.26 Å². The SMILES string of the molecule is N#C/C(=C\c1cccc(Oc2cccc(C(F)(F)F)c2)c1)C(=O)NC1CC1. The molecular formula is C20H15F3N2O2. The maximum absolute atomic E-state index is 12.8. The molecule has 1 fully saturated rings. The number of amides is 1. The summed E-state index contributed by atoms with van der Waals surface area (Å²) in [5.41, 5.74) is -0.320. The molecule has 0 spiro atoms. The summed E-state index contributed by atoms with van der Waals surface area (Å²) in [6, 6.07) is 13.0. The molecular weight excluding hydrogens is 357 g/mol. The van der Waals surface area contributed by atoms with E-state index in [9.17, 15) is 23.2 Å². The minimum absolute atomic E-state index is 0.0398. The van der Waals surface area contributed by atoms with E-state index in [1.165, 1.54) is 18.2 Å². The molecule has 1 saturated carbocycles. The average Bonchev–Trinajstić information content (AvgIpc) is 3.43. The molecule has 138 valence electrons. The zero-order valence-electron chi connectivity index (χ0n) is 14.1. The molecule has 0 atom stereocenters. The van der Waals surface area contributed by atoms with E-state index in [2.05, 4.69) is 5.32 Å². The molecule has 1 aliphatic carbocycles. The minimum atomic E-state index is -4.46. The van der Waals surface area contributed by atoms with Gasteiger partial charge in [-0.25, -0.2) is 0 Å². The van der Waals surface area contributed by atoms with Crippen molar-refractivity contribution >= 4 is 12.0 Å². The Bertz CT molecular complexity index is 925. The smallest absolute Gasteiger partial charge is 0.416 e. The van der Waals surface area contributed by atoms with E-state index in [4.69, 9.17) is 4.74 Å². The number of rotatable bonds is 5. The lowest BCUT2D eigenvalue weighted by molar-refractivity contribution is -0.137. The fraction of sp³-hybridized carbons (Fsp3) is 0.200. The first-order valence-corrected chi connectivity index (χ1v) is 8.23. The first kappa shape index (κ1) is 18.5. The molecule has 1 N–H and O–H groups in total. The molecule has 27 heavy (non-hydrogen) atoms. The molecule has 3 rings (SSSR count). The maximum atomic E-state index is 12.8. The fourth-order valence-electron chi connectivity index (χ4n) is 2.35. The van der Waals surface area contributed by atoms with Gasteiger partial charge in [-0.1, -0.05) is 18.2 Å². The van der Waals surface area contributed by atoms with Crippen LogP contribution < -0.4 is 10.1 Å². The quantitative estimate of drug-likeness (QED) is 0.612. The molecule has 2 aromatic rings. The summed E-state index contributed by atoms with van der Waals surface area (Å²) in [6.45, 7) is 0. The van der Waals surface area contributed by atoms with E-state index in [1.54, 1.807) is 24.3 Å². The number of halogens is 3. The number of nitriles is 1. The van der Waals surface area contributed by atoms with Crippen LogP contribution in [-0.4, -0.2) is 11.9 Å². The van der Waals surface area contributed by atoms with Gasteiger partial charge in [0.15, 0.2) is 0 Å². The highest BCUT2D eigenvalue weighted by Crippen LogP contribution is 2.33. The largest absolute Gasteiger partial charge is 0.457 e. The third-order valence-electron chi connectivity index (χ3n) is 3.84. The Balaban J connectivity index is 1.78. The Hall–Kier alpha value is -3.27. The predicted octanol–water partition coefficient (Wildman–Crippen LogP) is 4.68. The van der Waals surface area contributed by atoms with Gasteiger partial charge in [-0.3, -0.25) is 4.79 Å². The van der Waals surface area contributed by atoms with Crippen molar-refractivity contribution in [2.45, 2.75) is 25.1 Å². The van der Waals surface area contributed by atoms with E-state index < -0.39 is 17.6 Å². The number of ether oxygens (including phenoxy) is 1. The first-order valence-electron chi connectivity index (χ1n) is 8.23. The van der Waals surface area contributed by atoms with Crippen LogP contribution in [0, 0.1) is 11.3 Å². The standard InChI is InChI=1S/C20H15F3N2O2/c21-20(22,23)15-4-2-6-18(11-15)27-17-5-1-3-13(10-17)9-14(12-24)19(26)25-16-7-8-16/h1-6,9-11,16H,7-8H2,(H,25,26)/b14-9+. The summed E-state index contributed by atoms with van der Waals surface area (Å²) in [6.07, 6.45) is -1.23. The summed E-state index contributed by atoms with van der Waals surface area (Å²) >= 11 is 0. The number of hydrogen-bond acceptors (Lipinski definition) is 3. The summed E-state index contributed by atoms with van der Waals surface area (Å²) in [5.74, 6) is -0.106. The van der Waals surface area contributed by atoms with Crippen LogP contribution in [-0.2, 0) is 11.0 Å². The van der Waals surface area contributed by atoms with Crippen molar-refractivity contribution in [3.8, 4) is 17.6 Å². The van der Waals surface area contributed by atoms with Gasteiger partial charge in [-0.2, -0.15) is 18.4 Å². The third-order valence-corrected chi connectivity index (χ3v) is 3.84. The molecule has 1 amide bonds. The van der Waals surface area contributed by atoms with Crippen molar-refractivity contribution in [3.05, 3.63) is 65.2 Å². The molecule has 4 nitrogen and oxygen atoms in total. The van der Waals surface area contributed by atoms with Crippen LogP contribution in [0.25, 0.3) is 6.08 Å². The molecule has 0 radical (unpaired) electrons. The molecule has 0 heterocycles. The van der Waals surface area contributed by atoms with E-state index in [0.29, 0.717) is 11.3 Å². The van der Waals surface area contributed by atoms with Crippen molar-refractivity contribution in [2.75, 3.05) is 0 Å². The average molecular weight is 372 g/mol. The molecule has 0 aliphatic heterocycles. The number of alkyl halides is 3. The fourth-order valence-corrected chi connectivity index (χ4v) is 2.35. The first-order chi connectivity index (χ1) is 12.8. The van der Waals surface area contributed by atoms with Crippen LogP contribution in [0.2, 0.25) is 0 Å². The van der Waals surface area contributed by atoms with Gasteiger partial charge in [0, 0.05) is 6.04 Å². The van der Waals surface area contributed by atoms with Crippen LogP contribution in [0.5, 0.6) is 11.5 Å². The maximum Gasteiger partial charge on any atom is 0.416 e. The second kappa shape index (κ2) is 7.54. The van der Waals surface area contributed by atoms with Crippen LogP contribution in [0.15, 0.2) is 54.1 Å². The highest BCUT2D eigenvalue weighted by atomic mass is 19.4. The number of nitrogens with one attached hydrogen (secondary N) is 1. The lowest BCUT2D eigenvalue weighted by atomic mass is 10.1. The summed E-state index contributed by atoms with van der Waals surface area (Å²) in [5, 5.41) is 11.9. The van der Waals surface area contributed by atoms with Crippen molar-refractivity contribution in [3.63, 3.8) is 0 Å². The Morgan fingerprint density at radius 2 is 1.81 bits per heavy atom. The van der Waals surface area contributed by atoms with E-state index in [0.717, 1.165) is 25.0 Å². The normalized spacial score (nSPS) is 14.4. The third kappa shape index (κ3) is 5.11. The molecule has 1 aliphatic rings. The summed E-state index contributed by atoms with van der Waals surface area (Å²) in [7, 11) is 0. The summed E-state index contributed by atoms with van der Waals surface area (Å²) < 4.78 is 43.9. The second-order valence-corrected chi connectivity index (χ2v) is 6.12. The van der Waals surface area contributed by atoms with Gasteiger partial charge in [-0.05, 0) is 54.8 Å². The number of carbonyl (C=O) groups is 1. The number of carbonyl (C=O) groups excluding carboxylic acids is 1. The van der Waals surface area contributed by atoms with Gasteiger partial charge in [0.1, 0.15) is 23.1 Å². The number of nitrogens with zero attached hydrogens (tertiary/aromatic N) is 1. The second-order valence-electron chi connectivity index (χ2n) is 6.12. The zero-order valence-corrected chi connectivity index (χ0v) is 14.1. The van der Waals surface area contributed by atoms with E-state index >= 15 is 0 Å². The van der Waals surface area contributed by atoms with Gasteiger partial charge in [-0.15, -0.1) is 0 Å². The highest BCUT2D eigenvalue weighted by molar-refractivity contribution is 6.02. The van der Waals surface area contributed by atoms with Crippen LogP contribution in [0.3, 0.4) is 0 Å². The van der Waals surface area contributed by atoms with Crippen LogP contribution in [0.1, 0.15) is 24.0 Å². The Morgan fingerprint density at radius 1 is 1.15 bits per heavy atom. The molecule has 0 saturated heterocycles. The minimum Gasteiger partial charge on any atom is -0.457 e. The molecule has 0 bridgehead atoms.